The summed E-state index contributed by atoms with van der Waals surface area (Å²) in [6, 6.07) is 0. The first-order chi connectivity index (χ1) is 7.33. The molecular formula is C13H17NO. The Morgan fingerprint density at radius 3 is 2.93 bits per heavy atom. The number of carbonyl (C=O) groups is 1. The number of hydrogen-bond donors (Lipinski definition) is 1. The van der Waals surface area contributed by atoms with Crippen molar-refractivity contribution >= 4 is 5.91 Å². The van der Waals surface area contributed by atoms with Gasteiger partial charge in [-0.2, -0.15) is 0 Å². The smallest absolute Gasteiger partial charge is 0.227 e. The fourth-order valence-corrected chi connectivity index (χ4v) is 1.24. The quantitative estimate of drug-likeness (QED) is 0.684. The molecular weight excluding hydrogens is 186 g/mol. The largest absolute Gasteiger partial charge is 0.329 e. The zero-order chi connectivity index (χ0) is 10.9. The van der Waals surface area contributed by atoms with Gasteiger partial charge in [0.05, 0.1) is 0 Å². The van der Waals surface area contributed by atoms with E-state index in [4.69, 9.17) is 0 Å². The standard InChI is InChI=1S/C13H17NO/c1-2-3-4-5-6-11-13(15)14-12-9-7-8-10-12/h3-9H,2,10-11H2,1H3,(H,14,15). The molecule has 0 saturated carbocycles. The summed E-state index contributed by atoms with van der Waals surface area (Å²) >= 11 is 0. The molecule has 1 rings (SSSR count). The fourth-order valence-electron chi connectivity index (χ4n) is 1.24. The number of nitrogens with one attached hydrogen (secondary N) is 1. The van der Waals surface area contributed by atoms with E-state index in [9.17, 15) is 4.79 Å². The van der Waals surface area contributed by atoms with Gasteiger partial charge in [-0.25, -0.2) is 0 Å². The van der Waals surface area contributed by atoms with E-state index in [0.29, 0.717) is 6.42 Å². The maximum Gasteiger partial charge on any atom is 0.227 e. The van der Waals surface area contributed by atoms with Crippen molar-refractivity contribution in [1.82, 2.24) is 5.32 Å². The van der Waals surface area contributed by atoms with Crippen molar-refractivity contribution in [2.75, 3.05) is 0 Å². The molecule has 0 aromatic heterocycles. The lowest BCUT2D eigenvalue weighted by molar-refractivity contribution is -0.119. The van der Waals surface area contributed by atoms with Crippen LogP contribution in [0.3, 0.4) is 0 Å². The van der Waals surface area contributed by atoms with Gasteiger partial charge in [-0.05, 0) is 12.5 Å². The van der Waals surface area contributed by atoms with E-state index in [-0.39, 0.29) is 5.91 Å². The van der Waals surface area contributed by atoms with Crippen molar-refractivity contribution in [3.05, 3.63) is 48.2 Å². The van der Waals surface area contributed by atoms with E-state index in [1.807, 2.05) is 36.5 Å². The zero-order valence-electron chi connectivity index (χ0n) is 9.07. The fraction of sp³-hybridized carbons (Fsp3) is 0.308. The minimum absolute atomic E-state index is 0.0473. The lowest BCUT2D eigenvalue weighted by Gasteiger charge is -2.02. The van der Waals surface area contributed by atoms with Crippen LogP contribution >= 0.6 is 0 Å². The molecule has 0 atom stereocenters. The van der Waals surface area contributed by atoms with Gasteiger partial charge in [0.2, 0.25) is 5.91 Å². The van der Waals surface area contributed by atoms with Gasteiger partial charge < -0.3 is 5.32 Å². The molecule has 80 valence electrons. The third kappa shape index (κ3) is 5.01. The Kier molecular flexibility index (Phi) is 5.23. The zero-order valence-corrected chi connectivity index (χ0v) is 9.07. The highest BCUT2D eigenvalue weighted by atomic mass is 16.1. The van der Waals surface area contributed by atoms with Crippen molar-refractivity contribution in [3.63, 3.8) is 0 Å². The van der Waals surface area contributed by atoms with E-state index in [2.05, 4.69) is 18.3 Å². The average molecular weight is 203 g/mol. The van der Waals surface area contributed by atoms with Gasteiger partial charge in [0.15, 0.2) is 0 Å². The summed E-state index contributed by atoms with van der Waals surface area (Å²) in [5.41, 5.74) is 0.984. The molecule has 0 aliphatic heterocycles. The van der Waals surface area contributed by atoms with Crippen LogP contribution in [-0.4, -0.2) is 5.91 Å². The van der Waals surface area contributed by atoms with Crippen LogP contribution in [0.15, 0.2) is 48.2 Å². The molecule has 1 N–H and O–H groups in total. The summed E-state index contributed by atoms with van der Waals surface area (Å²) in [5, 5.41) is 2.85. The van der Waals surface area contributed by atoms with Crippen molar-refractivity contribution in [3.8, 4) is 0 Å². The predicted octanol–water partition coefficient (Wildman–Crippen LogP) is 2.86. The summed E-state index contributed by atoms with van der Waals surface area (Å²) in [5.74, 6) is 0.0473. The molecule has 0 bridgehead atoms. The molecule has 0 spiro atoms. The second kappa shape index (κ2) is 6.82. The maximum atomic E-state index is 11.4. The second-order valence-corrected chi connectivity index (χ2v) is 3.34. The lowest BCUT2D eigenvalue weighted by atomic mass is 10.3. The Hall–Kier alpha value is -1.57. The normalized spacial score (nSPS) is 15.1. The third-order valence-electron chi connectivity index (χ3n) is 1.99. The molecule has 2 nitrogen and oxygen atoms in total. The van der Waals surface area contributed by atoms with Gasteiger partial charge in [-0.15, -0.1) is 0 Å². The van der Waals surface area contributed by atoms with Crippen LogP contribution in [0.2, 0.25) is 0 Å². The van der Waals surface area contributed by atoms with Crippen molar-refractivity contribution in [2.24, 2.45) is 0 Å². The van der Waals surface area contributed by atoms with Crippen LogP contribution < -0.4 is 5.32 Å². The van der Waals surface area contributed by atoms with E-state index in [0.717, 1.165) is 18.5 Å². The molecule has 0 heterocycles. The molecule has 0 aromatic rings. The molecule has 0 aromatic carbocycles. The first-order valence-electron chi connectivity index (χ1n) is 5.30. The molecule has 0 fully saturated rings. The monoisotopic (exact) mass is 203 g/mol. The summed E-state index contributed by atoms with van der Waals surface area (Å²) in [4.78, 5) is 11.4. The number of rotatable bonds is 5. The number of amides is 1. The summed E-state index contributed by atoms with van der Waals surface area (Å²) in [6.07, 6.45) is 16.0. The average Bonchev–Trinajstić information content (AvgIpc) is 2.70. The maximum absolute atomic E-state index is 11.4. The molecule has 2 heteroatoms. The van der Waals surface area contributed by atoms with Gasteiger partial charge in [0.25, 0.3) is 0 Å². The third-order valence-corrected chi connectivity index (χ3v) is 1.99. The molecule has 1 amide bonds. The van der Waals surface area contributed by atoms with Crippen molar-refractivity contribution < 1.29 is 4.79 Å². The summed E-state index contributed by atoms with van der Waals surface area (Å²) in [7, 11) is 0. The molecule has 0 saturated heterocycles. The molecule has 1 aliphatic rings. The Bertz CT molecular complexity index is 321. The van der Waals surface area contributed by atoms with Crippen LogP contribution in [0.4, 0.5) is 0 Å². The summed E-state index contributed by atoms with van der Waals surface area (Å²) in [6.45, 7) is 2.08. The molecule has 1 aliphatic carbocycles. The van der Waals surface area contributed by atoms with Crippen LogP contribution in [0, 0.1) is 0 Å². The van der Waals surface area contributed by atoms with Crippen LogP contribution in [0.1, 0.15) is 26.2 Å². The van der Waals surface area contributed by atoms with Gasteiger partial charge in [-0.1, -0.05) is 43.4 Å². The van der Waals surface area contributed by atoms with Gasteiger partial charge in [0.1, 0.15) is 0 Å². The number of allylic oxidation sites excluding steroid dienone is 6. The minimum atomic E-state index is 0.0473. The van der Waals surface area contributed by atoms with Crippen LogP contribution in [0.25, 0.3) is 0 Å². The number of hydrogen-bond acceptors (Lipinski definition) is 1. The molecule has 0 unspecified atom stereocenters. The van der Waals surface area contributed by atoms with E-state index >= 15 is 0 Å². The Balaban J connectivity index is 2.19. The van der Waals surface area contributed by atoms with Crippen LogP contribution in [-0.2, 0) is 4.79 Å². The first kappa shape index (κ1) is 11.5. The lowest BCUT2D eigenvalue weighted by Crippen LogP contribution is -2.20. The Morgan fingerprint density at radius 1 is 1.47 bits per heavy atom. The summed E-state index contributed by atoms with van der Waals surface area (Å²) < 4.78 is 0. The SMILES string of the molecule is CCC=CC=CCC(=O)NC1=CC=CC1. The number of carbonyl (C=O) groups excluding carboxylic acids is 1. The Labute approximate surface area is 91.1 Å². The van der Waals surface area contributed by atoms with E-state index in [1.54, 1.807) is 0 Å². The van der Waals surface area contributed by atoms with Crippen LogP contribution in [0.5, 0.6) is 0 Å². The second-order valence-electron chi connectivity index (χ2n) is 3.34. The van der Waals surface area contributed by atoms with E-state index in [1.165, 1.54) is 0 Å². The van der Waals surface area contributed by atoms with E-state index < -0.39 is 0 Å². The van der Waals surface area contributed by atoms with Crippen molar-refractivity contribution in [1.29, 1.82) is 0 Å². The highest BCUT2D eigenvalue weighted by Gasteiger charge is 2.02. The predicted molar refractivity (Wildman–Crippen MR) is 63.2 cm³/mol. The Morgan fingerprint density at radius 2 is 2.27 bits per heavy atom. The van der Waals surface area contributed by atoms with Gasteiger partial charge in [-0.3, -0.25) is 4.79 Å². The molecule has 0 radical (unpaired) electrons. The highest BCUT2D eigenvalue weighted by molar-refractivity contribution is 5.79. The first-order valence-corrected chi connectivity index (χ1v) is 5.30. The topological polar surface area (TPSA) is 29.1 Å². The van der Waals surface area contributed by atoms with Crippen molar-refractivity contribution in [2.45, 2.75) is 26.2 Å². The molecule has 15 heavy (non-hydrogen) atoms. The minimum Gasteiger partial charge on any atom is -0.329 e. The van der Waals surface area contributed by atoms with Gasteiger partial charge in [0, 0.05) is 18.5 Å². The van der Waals surface area contributed by atoms with Gasteiger partial charge >= 0.3 is 0 Å². The highest BCUT2D eigenvalue weighted by Crippen LogP contribution is 2.06.